The van der Waals surface area contributed by atoms with Crippen molar-refractivity contribution in [3.63, 3.8) is 0 Å². The first-order chi connectivity index (χ1) is 8.74. The van der Waals surface area contributed by atoms with Gasteiger partial charge in [0.05, 0.1) is 0 Å². The summed E-state index contributed by atoms with van der Waals surface area (Å²) in [6.07, 6.45) is 3.08. The number of anilines is 2. The summed E-state index contributed by atoms with van der Waals surface area (Å²) in [5.41, 5.74) is 1.32. The number of halogens is 1. The molecule has 5 nitrogen and oxygen atoms in total. The lowest BCUT2D eigenvalue weighted by atomic mass is 10.3. The van der Waals surface area contributed by atoms with Crippen LogP contribution in [0.5, 0.6) is 5.75 Å². The van der Waals surface area contributed by atoms with Gasteiger partial charge in [-0.2, -0.15) is 5.10 Å². The lowest BCUT2D eigenvalue weighted by Gasteiger charge is -2.07. The number of hydrogen-bond acceptors (Lipinski definition) is 4. The molecule has 18 heavy (non-hydrogen) atoms. The van der Waals surface area contributed by atoms with Crippen LogP contribution < -0.4 is 5.32 Å². The minimum atomic E-state index is 0.125. The van der Waals surface area contributed by atoms with Gasteiger partial charge in [-0.25, -0.2) is 9.50 Å². The number of benzene rings is 1. The van der Waals surface area contributed by atoms with Crippen LogP contribution in [0, 0.1) is 0 Å². The molecule has 0 saturated carbocycles. The van der Waals surface area contributed by atoms with Gasteiger partial charge >= 0.3 is 0 Å². The maximum Gasteiger partial charge on any atom is 0.162 e. The van der Waals surface area contributed by atoms with Crippen LogP contribution in [0.25, 0.3) is 5.52 Å². The molecule has 0 aliphatic rings. The van der Waals surface area contributed by atoms with E-state index in [0.717, 1.165) is 5.69 Å². The lowest BCUT2D eigenvalue weighted by molar-refractivity contribution is 0.481. The third-order valence-electron chi connectivity index (χ3n) is 2.52. The van der Waals surface area contributed by atoms with Gasteiger partial charge in [0.2, 0.25) is 0 Å². The Balaban J connectivity index is 2.07. The quantitative estimate of drug-likeness (QED) is 0.744. The van der Waals surface area contributed by atoms with Gasteiger partial charge < -0.3 is 10.4 Å². The number of aromatic hydroxyl groups is 1. The molecule has 0 fully saturated rings. The predicted octanol–water partition coefficient (Wildman–Crippen LogP) is 2.83. The zero-order valence-corrected chi connectivity index (χ0v) is 9.96. The summed E-state index contributed by atoms with van der Waals surface area (Å²) in [4.78, 5) is 4.12. The normalized spacial score (nSPS) is 10.7. The second-order valence-corrected chi connectivity index (χ2v) is 4.17. The second kappa shape index (κ2) is 4.19. The molecule has 0 aliphatic carbocycles. The molecular weight excluding hydrogens is 252 g/mol. The van der Waals surface area contributed by atoms with Crippen LogP contribution in [0.4, 0.5) is 11.5 Å². The van der Waals surface area contributed by atoms with E-state index in [1.54, 1.807) is 28.9 Å². The Hall–Kier alpha value is -2.27. The van der Waals surface area contributed by atoms with Crippen LogP contribution >= 0.6 is 11.6 Å². The van der Waals surface area contributed by atoms with Crippen molar-refractivity contribution in [2.75, 3.05) is 5.32 Å². The molecule has 0 amide bonds. The Kier molecular flexibility index (Phi) is 2.53. The van der Waals surface area contributed by atoms with Gasteiger partial charge in [-0.1, -0.05) is 17.7 Å². The lowest BCUT2D eigenvalue weighted by Crippen LogP contribution is -1.99. The van der Waals surface area contributed by atoms with Crippen LogP contribution in [-0.4, -0.2) is 19.7 Å². The fourth-order valence-corrected chi connectivity index (χ4v) is 1.92. The average molecular weight is 261 g/mol. The zero-order valence-electron chi connectivity index (χ0n) is 9.21. The first kappa shape index (κ1) is 10.9. The standard InChI is InChI=1S/C12H9ClN4O/c13-8-2-1-3-9(6-8)16-12-11-10(18)4-5-17(11)15-7-14-12/h1-7,18H,(H,14,15,16). The molecule has 0 unspecified atom stereocenters. The van der Waals surface area contributed by atoms with Gasteiger partial charge in [0.1, 0.15) is 17.6 Å². The number of rotatable bonds is 2. The van der Waals surface area contributed by atoms with Gasteiger partial charge in [0.15, 0.2) is 5.82 Å². The molecule has 90 valence electrons. The van der Waals surface area contributed by atoms with Gasteiger partial charge in [0.25, 0.3) is 0 Å². The molecule has 0 aliphatic heterocycles. The number of hydrogen-bond donors (Lipinski definition) is 2. The number of nitrogens with one attached hydrogen (secondary N) is 1. The van der Waals surface area contributed by atoms with Gasteiger partial charge in [-0.15, -0.1) is 0 Å². The van der Waals surface area contributed by atoms with E-state index in [-0.39, 0.29) is 5.75 Å². The molecule has 0 saturated heterocycles. The first-order valence-corrected chi connectivity index (χ1v) is 5.66. The van der Waals surface area contributed by atoms with Crippen molar-refractivity contribution in [3.05, 3.63) is 47.9 Å². The SMILES string of the molecule is Oc1ccn2ncnc(Nc3cccc(Cl)c3)c12. The molecule has 0 atom stereocenters. The van der Waals surface area contributed by atoms with Gasteiger partial charge in [-0.05, 0) is 18.2 Å². The Morgan fingerprint density at radius 1 is 1.28 bits per heavy atom. The first-order valence-electron chi connectivity index (χ1n) is 5.28. The van der Waals surface area contributed by atoms with E-state index >= 15 is 0 Å². The third-order valence-corrected chi connectivity index (χ3v) is 2.75. The molecule has 2 heterocycles. The molecular formula is C12H9ClN4O. The fraction of sp³-hybridized carbons (Fsp3) is 0. The second-order valence-electron chi connectivity index (χ2n) is 3.74. The van der Waals surface area contributed by atoms with Crippen LogP contribution in [0.3, 0.4) is 0 Å². The summed E-state index contributed by atoms with van der Waals surface area (Å²) < 4.78 is 1.55. The average Bonchev–Trinajstić information content (AvgIpc) is 2.72. The Morgan fingerprint density at radius 2 is 2.17 bits per heavy atom. The molecule has 0 spiro atoms. The summed E-state index contributed by atoms with van der Waals surface area (Å²) in [6, 6.07) is 8.83. The highest BCUT2D eigenvalue weighted by Crippen LogP contribution is 2.27. The number of fused-ring (bicyclic) bond motifs is 1. The van der Waals surface area contributed by atoms with Crippen LogP contribution in [0.15, 0.2) is 42.9 Å². The van der Waals surface area contributed by atoms with Crippen LogP contribution in [0.1, 0.15) is 0 Å². The van der Waals surface area contributed by atoms with Crippen molar-refractivity contribution in [3.8, 4) is 5.75 Å². The molecule has 2 aromatic heterocycles. The van der Waals surface area contributed by atoms with Crippen molar-refractivity contribution in [1.82, 2.24) is 14.6 Å². The highest BCUT2D eigenvalue weighted by atomic mass is 35.5. The zero-order chi connectivity index (χ0) is 12.5. The molecule has 2 N–H and O–H groups in total. The number of nitrogens with zero attached hydrogens (tertiary/aromatic N) is 3. The third kappa shape index (κ3) is 1.84. The smallest absolute Gasteiger partial charge is 0.162 e. The highest BCUT2D eigenvalue weighted by molar-refractivity contribution is 6.30. The van der Waals surface area contributed by atoms with Crippen molar-refractivity contribution in [1.29, 1.82) is 0 Å². The maximum absolute atomic E-state index is 9.76. The van der Waals surface area contributed by atoms with Crippen molar-refractivity contribution < 1.29 is 5.11 Å². The minimum absolute atomic E-state index is 0.125. The van der Waals surface area contributed by atoms with E-state index in [0.29, 0.717) is 16.4 Å². The fourth-order valence-electron chi connectivity index (χ4n) is 1.73. The molecule has 1 aromatic carbocycles. The molecule has 0 bridgehead atoms. The van der Waals surface area contributed by atoms with Crippen LogP contribution in [-0.2, 0) is 0 Å². The topological polar surface area (TPSA) is 62.5 Å². The van der Waals surface area contributed by atoms with E-state index in [4.69, 9.17) is 11.6 Å². The maximum atomic E-state index is 9.76. The molecule has 3 aromatic rings. The Bertz CT molecular complexity index is 710. The molecule has 3 rings (SSSR count). The van der Waals surface area contributed by atoms with E-state index in [1.165, 1.54) is 6.33 Å². The van der Waals surface area contributed by atoms with E-state index in [1.807, 2.05) is 12.1 Å². The predicted molar refractivity (Wildman–Crippen MR) is 69.4 cm³/mol. The Labute approximate surface area is 108 Å². The number of aromatic nitrogens is 3. The Morgan fingerprint density at radius 3 is 3.00 bits per heavy atom. The van der Waals surface area contributed by atoms with Crippen molar-refractivity contribution in [2.24, 2.45) is 0 Å². The summed E-state index contributed by atoms with van der Waals surface area (Å²) in [5, 5.41) is 17.5. The highest BCUT2D eigenvalue weighted by Gasteiger charge is 2.09. The molecule has 6 heteroatoms. The summed E-state index contributed by atoms with van der Waals surface area (Å²) in [7, 11) is 0. The van der Waals surface area contributed by atoms with Crippen LogP contribution in [0.2, 0.25) is 5.02 Å². The monoisotopic (exact) mass is 260 g/mol. The van der Waals surface area contributed by atoms with E-state index < -0.39 is 0 Å². The summed E-state index contributed by atoms with van der Waals surface area (Å²) in [6.45, 7) is 0. The summed E-state index contributed by atoms with van der Waals surface area (Å²) >= 11 is 5.91. The van der Waals surface area contributed by atoms with E-state index in [9.17, 15) is 5.11 Å². The molecule has 0 radical (unpaired) electrons. The van der Waals surface area contributed by atoms with Gasteiger partial charge in [0, 0.05) is 23.0 Å². The van der Waals surface area contributed by atoms with Gasteiger partial charge in [-0.3, -0.25) is 0 Å². The summed E-state index contributed by atoms with van der Waals surface area (Å²) in [5.74, 6) is 0.648. The minimum Gasteiger partial charge on any atom is -0.505 e. The van der Waals surface area contributed by atoms with Crippen molar-refractivity contribution in [2.45, 2.75) is 0 Å². The van der Waals surface area contributed by atoms with E-state index in [2.05, 4.69) is 15.4 Å². The largest absolute Gasteiger partial charge is 0.505 e. The van der Waals surface area contributed by atoms with Crippen molar-refractivity contribution >= 4 is 28.6 Å².